The van der Waals surface area contributed by atoms with Crippen LogP contribution in [0, 0.1) is 5.41 Å². The summed E-state index contributed by atoms with van der Waals surface area (Å²) >= 11 is 5.34. The van der Waals surface area contributed by atoms with Crippen molar-refractivity contribution in [3.63, 3.8) is 0 Å². The minimum absolute atomic E-state index is 0.316. The first-order valence-electron chi connectivity index (χ1n) is 5.39. The van der Waals surface area contributed by atoms with Gasteiger partial charge in [-0.1, -0.05) is 6.42 Å². The summed E-state index contributed by atoms with van der Waals surface area (Å²) in [7, 11) is 0. The average molecular weight is 308 g/mol. The smallest absolute Gasteiger partial charge is 0.350 e. The SMILES string of the molecule is O=C(CCl)C1(CNC(=O)C(F)(F)C(F)(F)F)CCC1. The molecule has 0 aromatic rings. The van der Waals surface area contributed by atoms with Crippen molar-refractivity contribution >= 4 is 23.3 Å². The molecule has 3 nitrogen and oxygen atoms in total. The fourth-order valence-electron chi connectivity index (χ4n) is 1.79. The van der Waals surface area contributed by atoms with Gasteiger partial charge in [-0.3, -0.25) is 9.59 Å². The summed E-state index contributed by atoms with van der Waals surface area (Å²) in [6.07, 6.45) is -4.69. The fourth-order valence-corrected chi connectivity index (χ4v) is 2.07. The van der Waals surface area contributed by atoms with Crippen molar-refractivity contribution in [1.29, 1.82) is 0 Å². The molecule has 1 aliphatic carbocycles. The van der Waals surface area contributed by atoms with Crippen molar-refractivity contribution in [2.75, 3.05) is 12.4 Å². The predicted octanol–water partition coefficient (Wildman–Crippen LogP) is 2.28. The van der Waals surface area contributed by atoms with Gasteiger partial charge in [0.2, 0.25) is 0 Å². The van der Waals surface area contributed by atoms with E-state index in [1.54, 1.807) is 0 Å². The van der Waals surface area contributed by atoms with E-state index in [0.29, 0.717) is 19.3 Å². The molecule has 0 aromatic heterocycles. The average Bonchev–Trinajstić information content (AvgIpc) is 2.25. The molecule has 19 heavy (non-hydrogen) atoms. The molecule has 0 unspecified atom stereocenters. The molecule has 9 heteroatoms. The van der Waals surface area contributed by atoms with E-state index in [4.69, 9.17) is 11.6 Å². The van der Waals surface area contributed by atoms with Crippen molar-refractivity contribution in [2.45, 2.75) is 31.4 Å². The Morgan fingerprint density at radius 1 is 1.16 bits per heavy atom. The predicted molar refractivity (Wildman–Crippen MR) is 56.0 cm³/mol. The molecule has 1 saturated carbocycles. The van der Waals surface area contributed by atoms with E-state index in [0.717, 1.165) is 0 Å². The van der Waals surface area contributed by atoms with Gasteiger partial charge in [0.25, 0.3) is 5.91 Å². The van der Waals surface area contributed by atoms with Gasteiger partial charge in [0.15, 0.2) is 5.78 Å². The quantitative estimate of drug-likeness (QED) is 0.625. The van der Waals surface area contributed by atoms with E-state index in [2.05, 4.69) is 0 Å². The van der Waals surface area contributed by atoms with E-state index in [1.807, 2.05) is 0 Å². The van der Waals surface area contributed by atoms with Gasteiger partial charge in [0, 0.05) is 12.0 Å². The normalized spacial score (nSPS) is 18.6. The van der Waals surface area contributed by atoms with Gasteiger partial charge in [0.05, 0.1) is 5.88 Å². The molecule has 0 radical (unpaired) electrons. The van der Waals surface area contributed by atoms with Crippen molar-refractivity contribution in [1.82, 2.24) is 5.32 Å². The Bertz CT molecular complexity index is 379. The van der Waals surface area contributed by atoms with Crippen LogP contribution >= 0.6 is 11.6 Å². The van der Waals surface area contributed by atoms with Crippen molar-refractivity contribution < 1.29 is 31.5 Å². The Hall–Kier alpha value is -0.920. The van der Waals surface area contributed by atoms with Crippen LogP contribution in [0.5, 0.6) is 0 Å². The summed E-state index contributed by atoms with van der Waals surface area (Å²) in [6, 6.07) is 0. The van der Waals surface area contributed by atoms with Crippen LogP contribution in [-0.4, -0.2) is 36.2 Å². The van der Waals surface area contributed by atoms with Crippen molar-refractivity contribution in [2.24, 2.45) is 5.41 Å². The number of ketones is 1. The molecule has 110 valence electrons. The van der Waals surface area contributed by atoms with E-state index < -0.39 is 35.7 Å². The van der Waals surface area contributed by atoms with Crippen LogP contribution in [0.25, 0.3) is 0 Å². The maximum Gasteiger partial charge on any atom is 0.463 e. The number of carbonyl (C=O) groups is 2. The molecule has 1 rings (SSSR count). The second-order valence-electron chi connectivity index (χ2n) is 4.45. The molecule has 0 spiro atoms. The summed E-state index contributed by atoms with van der Waals surface area (Å²) in [5.41, 5.74) is -1.10. The van der Waals surface area contributed by atoms with Gasteiger partial charge in [-0.25, -0.2) is 0 Å². The number of hydrogen-bond acceptors (Lipinski definition) is 2. The first-order chi connectivity index (χ1) is 8.57. The lowest BCUT2D eigenvalue weighted by molar-refractivity contribution is -0.269. The van der Waals surface area contributed by atoms with Crippen LogP contribution in [-0.2, 0) is 9.59 Å². The van der Waals surface area contributed by atoms with Crippen molar-refractivity contribution in [3.05, 3.63) is 0 Å². The minimum atomic E-state index is -5.96. The number of Topliss-reactive ketones (excluding diaryl/α,β-unsaturated/α-hetero) is 1. The van der Waals surface area contributed by atoms with Gasteiger partial charge in [0.1, 0.15) is 0 Å². The van der Waals surface area contributed by atoms with Crippen LogP contribution in [0.3, 0.4) is 0 Å². The molecule has 0 aliphatic heterocycles. The highest BCUT2D eigenvalue weighted by molar-refractivity contribution is 6.28. The van der Waals surface area contributed by atoms with Gasteiger partial charge < -0.3 is 5.32 Å². The summed E-state index contributed by atoms with van der Waals surface area (Å²) < 4.78 is 61.1. The summed E-state index contributed by atoms with van der Waals surface area (Å²) in [5, 5.41) is 1.50. The third-order valence-corrected chi connectivity index (χ3v) is 3.49. The minimum Gasteiger partial charge on any atom is -0.350 e. The van der Waals surface area contributed by atoms with Crippen LogP contribution in [0.1, 0.15) is 19.3 Å². The number of hydrogen-bond donors (Lipinski definition) is 1. The highest BCUT2D eigenvalue weighted by Gasteiger charge is 2.63. The molecule has 0 saturated heterocycles. The highest BCUT2D eigenvalue weighted by Crippen LogP contribution is 2.42. The lowest BCUT2D eigenvalue weighted by atomic mass is 9.66. The van der Waals surface area contributed by atoms with Gasteiger partial charge >= 0.3 is 12.1 Å². The lowest BCUT2D eigenvalue weighted by Crippen LogP contribution is -2.55. The van der Waals surface area contributed by atoms with E-state index >= 15 is 0 Å². The first kappa shape index (κ1) is 16.1. The second kappa shape index (κ2) is 5.22. The van der Waals surface area contributed by atoms with E-state index in [9.17, 15) is 31.5 Å². The zero-order valence-electron chi connectivity index (χ0n) is 9.62. The number of nitrogens with one attached hydrogen (secondary N) is 1. The van der Waals surface area contributed by atoms with Crippen molar-refractivity contribution in [3.8, 4) is 0 Å². The maximum atomic E-state index is 12.7. The molecule has 0 bridgehead atoms. The third kappa shape index (κ3) is 2.98. The Morgan fingerprint density at radius 2 is 1.68 bits per heavy atom. The monoisotopic (exact) mass is 307 g/mol. The zero-order chi connectivity index (χ0) is 14.9. The summed E-state index contributed by atoms with van der Waals surface area (Å²) in [6.45, 7) is -0.553. The lowest BCUT2D eigenvalue weighted by Gasteiger charge is -2.40. The third-order valence-electron chi connectivity index (χ3n) is 3.25. The Kier molecular flexibility index (Phi) is 4.44. The Morgan fingerprint density at radius 3 is 2.00 bits per heavy atom. The molecular formula is C10H11ClF5NO2. The van der Waals surface area contributed by atoms with Crippen LogP contribution in [0.15, 0.2) is 0 Å². The molecule has 1 fully saturated rings. The Balaban J connectivity index is 2.67. The first-order valence-corrected chi connectivity index (χ1v) is 5.92. The number of rotatable bonds is 5. The number of alkyl halides is 6. The number of halogens is 6. The van der Waals surface area contributed by atoms with Crippen LogP contribution in [0.2, 0.25) is 0 Å². The molecular weight excluding hydrogens is 297 g/mol. The molecule has 0 atom stereocenters. The molecule has 0 heterocycles. The molecule has 1 aliphatic rings. The Labute approximate surface area is 110 Å². The maximum absolute atomic E-state index is 12.7. The van der Waals surface area contributed by atoms with Gasteiger partial charge in [-0.15, -0.1) is 11.6 Å². The topological polar surface area (TPSA) is 46.2 Å². The molecule has 1 N–H and O–H groups in total. The van der Waals surface area contributed by atoms with Gasteiger partial charge in [-0.2, -0.15) is 22.0 Å². The highest BCUT2D eigenvalue weighted by atomic mass is 35.5. The summed E-state index contributed by atoms with van der Waals surface area (Å²) in [5.74, 6) is -8.75. The van der Waals surface area contributed by atoms with E-state index in [1.165, 1.54) is 5.32 Å². The largest absolute Gasteiger partial charge is 0.463 e. The second-order valence-corrected chi connectivity index (χ2v) is 4.71. The fraction of sp³-hybridized carbons (Fsp3) is 0.800. The summed E-state index contributed by atoms with van der Waals surface area (Å²) in [4.78, 5) is 22.4. The number of amides is 1. The molecule has 1 amide bonds. The van der Waals surface area contributed by atoms with Gasteiger partial charge in [-0.05, 0) is 12.8 Å². The van der Waals surface area contributed by atoms with E-state index in [-0.39, 0.29) is 5.88 Å². The molecule has 0 aromatic carbocycles. The van der Waals surface area contributed by atoms with Crippen LogP contribution < -0.4 is 5.32 Å². The zero-order valence-corrected chi connectivity index (χ0v) is 10.4. The number of carbonyl (C=O) groups excluding carboxylic acids is 2. The van der Waals surface area contributed by atoms with Crippen LogP contribution in [0.4, 0.5) is 22.0 Å². The standard InChI is InChI=1S/C10H11ClF5NO2/c11-4-6(18)8(2-1-3-8)5-17-7(19)9(12,13)10(14,15)16/h1-5H2,(H,17,19).